The van der Waals surface area contributed by atoms with Crippen molar-refractivity contribution in [1.29, 1.82) is 0 Å². The number of carbonyl (C=O) groups is 1. The number of para-hydroxylation sites is 1. The number of rotatable bonds is 6. The summed E-state index contributed by atoms with van der Waals surface area (Å²) in [5.41, 5.74) is 2.80. The standard InChI is InChI=1S/C23H22N4O3S/c1-25(2)31(29,30)21-13-11-18(12-14-21)23(28)27(19-8-4-3-5-9-19)17-20-16-24-22-10-6-7-15-26(20)22/h3-16H,17H2,1-2H3. The molecule has 0 saturated carbocycles. The predicted octanol–water partition coefficient (Wildman–Crippen LogP) is 3.43. The van der Waals surface area contributed by atoms with E-state index in [1.54, 1.807) is 23.2 Å². The first-order valence-electron chi connectivity index (χ1n) is 9.68. The van der Waals surface area contributed by atoms with Crippen molar-refractivity contribution in [3.05, 3.63) is 96.4 Å². The molecule has 0 atom stereocenters. The fourth-order valence-electron chi connectivity index (χ4n) is 3.29. The Balaban J connectivity index is 1.70. The first kappa shape index (κ1) is 20.8. The average molecular weight is 435 g/mol. The number of hydrogen-bond donors (Lipinski definition) is 0. The van der Waals surface area contributed by atoms with Crippen LogP contribution in [0.15, 0.2) is 90.1 Å². The summed E-state index contributed by atoms with van der Waals surface area (Å²) in [5, 5.41) is 0. The molecule has 0 aliphatic heterocycles. The Morgan fingerprint density at radius 3 is 2.29 bits per heavy atom. The number of hydrogen-bond acceptors (Lipinski definition) is 4. The maximum atomic E-state index is 13.4. The van der Waals surface area contributed by atoms with Crippen LogP contribution >= 0.6 is 0 Å². The molecule has 7 nitrogen and oxygen atoms in total. The predicted molar refractivity (Wildman–Crippen MR) is 119 cm³/mol. The van der Waals surface area contributed by atoms with Gasteiger partial charge in [0.05, 0.1) is 23.3 Å². The van der Waals surface area contributed by atoms with Crippen molar-refractivity contribution in [2.75, 3.05) is 19.0 Å². The van der Waals surface area contributed by atoms with Crippen molar-refractivity contribution in [1.82, 2.24) is 13.7 Å². The Bertz CT molecular complexity index is 1310. The smallest absolute Gasteiger partial charge is 0.258 e. The molecule has 0 N–H and O–H groups in total. The van der Waals surface area contributed by atoms with Crippen LogP contribution < -0.4 is 4.90 Å². The van der Waals surface area contributed by atoms with Gasteiger partial charge in [0.2, 0.25) is 10.0 Å². The topological polar surface area (TPSA) is 75.0 Å². The molecule has 4 aromatic rings. The van der Waals surface area contributed by atoms with Crippen molar-refractivity contribution in [3.63, 3.8) is 0 Å². The third-order valence-electron chi connectivity index (χ3n) is 5.01. The van der Waals surface area contributed by atoms with Crippen LogP contribution in [-0.4, -0.2) is 42.1 Å². The molecule has 0 unspecified atom stereocenters. The Kier molecular flexibility index (Phi) is 5.58. The van der Waals surface area contributed by atoms with Gasteiger partial charge in [-0.15, -0.1) is 0 Å². The number of imidazole rings is 1. The highest BCUT2D eigenvalue weighted by Crippen LogP contribution is 2.22. The molecule has 0 fully saturated rings. The monoisotopic (exact) mass is 434 g/mol. The van der Waals surface area contributed by atoms with Crippen LogP contribution in [0.1, 0.15) is 16.1 Å². The summed E-state index contributed by atoms with van der Waals surface area (Å²) < 4.78 is 27.7. The number of nitrogens with zero attached hydrogens (tertiary/aromatic N) is 4. The second kappa shape index (κ2) is 8.33. The highest BCUT2D eigenvalue weighted by atomic mass is 32.2. The number of benzene rings is 2. The number of fused-ring (bicyclic) bond motifs is 1. The van der Waals surface area contributed by atoms with Gasteiger partial charge in [-0.05, 0) is 48.5 Å². The van der Waals surface area contributed by atoms with Gasteiger partial charge in [0, 0.05) is 31.5 Å². The fourth-order valence-corrected chi connectivity index (χ4v) is 4.19. The number of sulfonamides is 1. The minimum atomic E-state index is -3.56. The van der Waals surface area contributed by atoms with E-state index < -0.39 is 10.0 Å². The van der Waals surface area contributed by atoms with Gasteiger partial charge < -0.3 is 9.30 Å². The Labute approximate surface area is 181 Å². The van der Waals surface area contributed by atoms with Crippen LogP contribution in [0.3, 0.4) is 0 Å². The molecule has 0 aliphatic rings. The number of carbonyl (C=O) groups excluding carboxylic acids is 1. The van der Waals surface area contributed by atoms with E-state index in [0.717, 1.165) is 21.3 Å². The molecular formula is C23H22N4O3S. The van der Waals surface area contributed by atoms with Crippen LogP contribution in [0.4, 0.5) is 5.69 Å². The lowest BCUT2D eigenvalue weighted by molar-refractivity contribution is 0.0984. The van der Waals surface area contributed by atoms with Crippen LogP contribution in [0, 0.1) is 0 Å². The van der Waals surface area contributed by atoms with Crippen molar-refractivity contribution >= 4 is 27.3 Å². The molecule has 31 heavy (non-hydrogen) atoms. The Morgan fingerprint density at radius 2 is 1.61 bits per heavy atom. The summed E-state index contributed by atoms with van der Waals surface area (Å²) in [6, 6.07) is 21.1. The third kappa shape index (κ3) is 4.08. The summed E-state index contributed by atoms with van der Waals surface area (Å²) in [4.78, 5) is 19.6. The van der Waals surface area contributed by atoms with E-state index in [-0.39, 0.29) is 10.8 Å². The van der Waals surface area contributed by atoms with E-state index >= 15 is 0 Å². The molecule has 2 heterocycles. The minimum absolute atomic E-state index is 0.141. The summed E-state index contributed by atoms with van der Waals surface area (Å²) >= 11 is 0. The van der Waals surface area contributed by atoms with E-state index in [1.165, 1.54) is 26.2 Å². The average Bonchev–Trinajstić information content (AvgIpc) is 3.20. The zero-order valence-electron chi connectivity index (χ0n) is 17.2. The molecule has 8 heteroatoms. The van der Waals surface area contributed by atoms with Gasteiger partial charge in [0.25, 0.3) is 5.91 Å². The fraction of sp³-hybridized carbons (Fsp3) is 0.130. The van der Waals surface area contributed by atoms with E-state index in [2.05, 4.69) is 4.98 Å². The van der Waals surface area contributed by atoms with E-state index in [9.17, 15) is 13.2 Å². The zero-order chi connectivity index (χ0) is 22.0. The molecule has 0 radical (unpaired) electrons. The van der Waals surface area contributed by atoms with Crippen molar-refractivity contribution < 1.29 is 13.2 Å². The summed E-state index contributed by atoms with van der Waals surface area (Å²) in [5.74, 6) is -0.231. The summed E-state index contributed by atoms with van der Waals surface area (Å²) in [6.45, 7) is 0.311. The van der Waals surface area contributed by atoms with Gasteiger partial charge in [0.15, 0.2) is 0 Å². The molecule has 0 aliphatic carbocycles. The number of amides is 1. The second-order valence-electron chi connectivity index (χ2n) is 7.22. The highest BCUT2D eigenvalue weighted by molar-refractivity contribution is 7.89. The van der Waals surface area contributed by atoms with Gasteiger partial charge in [-0.3, -0.25) is 4.79 Å². The molecule has 1 amide bonds. The summed E-state index contributed by atoms with van der Waals surface area (Å²) in [7, 11) is -0.613. The molecule has 0 spiro atoms. The molecule has 0 bridgehead atoms. The van der Waals surface area contributed by atoms with Crippen LogP contribution in [-0.2, 0) is 16.6 Å². The molecule has 4 rings (SSSR count). The first-order valence-corrected chi connectivity index (χ1v) is 11.1. The first-order chi connectivity index (χ1) is 14.9. The van der Waals surface area contributed by atoms with Crippen LogP contribution in [0.5, 0.6) is 0 Å². The SMILES string of the molecule is CN(C)S(=O)(=O)c1ccc(C(=O)N(Cc2cnc3ccccn23)c2ccccc2)cc1. The highest BCUT2D eigenvalue weighted by Gasteiger charge is 2.22. The van der Waals surface area contributed by atoms with Gasteiger partial charge in [-0.1, -0.05) is 24.3 Å². The van der Waals surface area contributed by atoms with Gasteiger partial charge in [0.1, 0.15) is 5.65 Å². The van der Waals surface area contributed by atoms with Crippen LogP contribution in [0.25, 0.3) is 5.65 Å². The molecule has 2 aromatic carbocycles. The van der Waals surface area contributed by atoms with Crippen molar-refractivity contribution in [3.8, 4) is 0 Å². The van der Waals surface area contributed by atoms with Gasteiger partial charge in [-0.2, -0.15) is 0 Å². The third-order valence-corrected chi connectivity index (χ3v) is 6.84. The van der Waals surface area contributed by atoms with Gasteiger partial charge >= 0.3 is 0 Å². The van der Waals surface area contributed by atoms with E-state index in [4.69, 9.17) is 0 Å². The largest absolute Gasteiger partial charge is 0.302 e. The lowest BCUT2D eigenvalue weighted by Crippen LogP contribution is -2.31. The lowest BCUT2D eigenvalue weighted by atomic mass is 10.1. The Morgan fingerprint density at radius 1 is 0.935 bits per heavy atom. The molecule has 2 aromatic heterocycles. The number of anilines is 1. The normalized spacial score (nSPS) is 11.7. The lowest BCUT2D eigenvalue weighted by Gasteiger charge is -2.23. The quantitative estimate of drug-likeness (QED) is 0.466. The number of aromatic nitrogens is 2. The van der Waals surface area contributed by atoms with E-state index in [0.29, 0.717) is 12.1 Å². The maximum Gasteiger partial charge on any atom is 0.258 e. The van der Waals surface area contributed by atoms with Crippen LogP contribution in [0.2, 0.25) is 0 Å². The Hall–Kier alpha value is -3.49. The molecule has 0 saturated heterocycles. The van der Waals surface area contributed by atoms with Crippen molar-refractivity contribution in [2.45, 2.75) is 11.4 Å². The molecular weight excluding hydrogens is 412 g/mol. The molecule has 158 valence electrons. The van der Waals surface area contributed by atoms with Gasteiger partial charge in [-0.25, -0.2) is 17.7 Å². The number of pyridine rings is 1. The maximum absolute atomic E-state index is 13.4. The zero-order valence-corrected chi connectivity index (χ0v) is 18.0. The van der Waals surface area contributed by atoms with E-state index in [1.807, 2.05) is 59.1 Å². The summed E-state index contributed by atoms with van der Waals surface area (Å²) in [6.07, 6.45) is 3.66. The second-order valence-corrected chi connectivity index (χ2v) is 9.37. The minimum Gasteiger partial charge on any atom is -0.302 e. The van der Waals surface area contributed by atoms with Crippen molar-refractivity contribution in [2.24, 2.45) is 0 Å².